The van der Waals surface area contributed by atoms with Crippen molar-refractivity contribution in [3.8, 4) is 16.2 Å². The fraction of sp³-hybridized carbons (Fsp3) is 0.167. The first-order chi connectivity index (χ1) is 12.1. The van der Waals surface area contributed by atoms with E-state index in [1.165, 1.54) is 11.3 Å². The number of aryl methyl sites for hydroxylation is 2. The molecular formula is C18H16N4O2S. The van der Waals surface area contributed by atoms with Crippen LogP contribution >= 0.6 is 11.3 Å². The molecule has 0 atom stereocenters. The van der Waals surface area contributed by atoms with Crippen molar-refractivity contribution in [1.29, 1.82) is 0 Å². The van der Waals surface area contributed by atoms with Gasteiger partial charge in [0.1, 0.15) is 12.4 Å². The summed E-state index contributed by atoms with van der Waals surface area (Å²) < 4.78 is 5.74. The average molecular weight is 352 g/mol. The van der Waals surface area contributed by atoms with Crippen LogP contribution in [0.1, 0.15) is 26.6 Å². The van der Waals surface area contributed by atoms with Gasteiger partial charge in [-0.25, -0.2) is 9.97 Å². The number of thiophene rings is 1. The lowest BCUT2D eigenvalue weighted by molar-refractivity contribution is 0.0966. The smallest absolute Gasteiger partial charge is 0.279 e. The molecule has 1 aliphatic rings. The summed E-state index contributed by atoms with van der Waals surface area (Å²) in [6, 6.07) is 11.6. The van der Waals surface area contributed by atoms with Crippen molar-refractivity contribution in [2.24, 2.45) is 0 Å². The molecule has 3 aromatic rings. The number of aromatic nitrogens is 2. The molecule has 3 heterocycles. The molecule has 0 radical (unpaired) electrons. The molecule has 0 aliphatic carbocycles. The number of anilines is 1. The molecule has 1 aliphatic heterocycles. The lowest BCUT2D eigenvalue weighted by atomic mass is 10.1. The summed E-state index contributed by atoms with van der Waals surface area (Å²) in [5.74, 6) is 1.01. The van der Waals surface area contributed by atoms with Crippen LogP contribution in [-0.2, 0) is 6.61 Å². The summed E-state index contributed by atoms with van der Waals surface area (Å²) in [5.41, 5.74) is 9.16. The molecule has 0 saturated heterocycles. The fourth-order valence-electron chi connectivity index (χ4n) is 2.77. The number of amides is 1. The molecule has 7 heteroatoms. The number of ether oxygens (including phenoxy) is 1. The monoisotopic (exact) mass is 352 g/mol. The number of hydrogen-bond donors (Lipinski definition) is 2. The van der Waals surface area contributed by atoms with Gasteiger partial charge in [0.15, 0.2) is 0 Å². The molecule has 0 fully saturated rings. The molecule has 2 N–H and O–H groups in total. The fourth-order valence-corrected chi connectivity index (χ4v) is 3.86. The molecule has 1 aromatic carbocycles. The standard InChI is InChI=1S/C18H16N4O2S/c1-10-7-11(2)20-18(19-10)22-21-17(23)15-8-12-9-24-14-6-4-3-5-13(14)16(12)25-15/h3-8H,9H2,1-2H3,(H,21,23)(H,19,20,22). The first-order valence-electron chi connectivity index (χ1n) is 7.84. The van der Waals surface area contributed by atoms with Crippen LogP contribution in [0, 0.1) is 13.8 Å². The Kier molecular flexibility index (Phi) is 3.85. The van der Waals surface area contributed by atoms with E-state index in [2.05, 4.69) is 20.8 Å². The van der Waals surface area contributed by atoms with Crippen LogP contribution in [0.15, 0.2) is 36.4 Å². The largest absolute Gasteiger partial charge is 0.488 e. The van der Waals surface area contributed by atoms with E-state index in [0.717, 1.165) is 33.1 Å². The number of rotatable bonds is 3. The highest BCUT2D eigenvalue weighted by Gasteiger charge is 2.22. The third-order valence-corrected chi connectivity index (χ3v) is 5.03. The first kappa shape index (κ1) is 15.6. The van der Waals surface area contributed by atoms with Gasteiger partial charge in [-0.15, -0.1) is 11.3 Å². The van der Waals surface area contributed by atoms with Gasteiger partial charge in [0, 0.05) is 27.4 Å². The predicted molar refractivity (Wildman–Crippen MR) is 96.7 cm³/mol. The molecule has 6 nitrogen and oxygen atoms in total. The number of benzene rings is 1. The Bertz CT molecular complexity index is 947. The third kappa shape index (κ3) is 3.06. The van der Waals surface area contributed by atoms with E-state index in [-0.39, 0.29) is 5.91 Å². The van der Waals surface area contributed by atoms with Crippen molar-refractivity contribution in [3.63, 3.8) is 0 Å². The third-order valence-electron chi connectivity index (χ3n) is 3.82. The normalized spacial score (nSPS) is 11.9. The Hall–Kier alpha value is -2.93. The Balaban J connectivity index is 1.53. The number of para-hydroxylation sites is 1. The summed E-state index contributed by atoms with van der Waals surface area (Å²) in [7, 11) is 0. The molecule has 0 unspecified atom stereocenters. The van der Waals surface area contributed by atoms with Gasteiger partial charge in [-0.3, -0.25) is 15.6 Å². The molecule has 25 heavy (non-hydrogen) atoms. The number of carbonyl (C=O) groups is 1. The van der Waals surface area contributed by atoms with Crippen LogP contribution in [0.2, 0.25) is 0 Å². The lowest BCUT2D eigenvalue weighted by Gasteiger charge is -2.16. The van der Waals surface area contributed by atoms with E-state index < -0.39 is 0 Å². The summed E-state index contributed by atoms with van der Waals surface area (Å²) in [5, 5.41) is 0. The van der Waals surface area contributed by atoms with Crippen LogP contribution in [0.4, 0.5) is 5.95 Å². The van der Waals surface area contributed by atoms with Gasteiger partial charge in [0.25, 0.3) is 5.91 Å². The second-order valence-electron chi connectivity index (χ2n) is 5.80. The Morgan fingerprint density at radius 1 is 1.16 bits per heavy atom. The second-order valence-corrected chi connectivity index (χ2v) is 6.86. The van der Waals surface area contributed by atoms with Crippen molar-refractivity contribution in [3.05, 3.63) is 58.2 Å². The van der Waals surface area contributed by atoms with E-state index in [0.29, 0.717) is 17.4 Å². The van der Waals surface area contributed by atoms with Crippen LogP contribution in [0.3, 0.4) is 0 Å². The minimum Gasteiger partial charge on any atom is -0.488 e. The number of fused-ring (bicyclic) bond motifs is 3. The molecule has 4 rings (SSSR count). The number of hydrogen-bond acceptors (Lipinski definition) is 6. The summed E-state index contributed by atoms with van der Waals surface area (Å²) in [4.78, 5) is 22.6. The number of hydrazine groups is 1. The van der Waals surface area contributed by atoms with E-state index in [1.54, 1.807) is 0 Å². The van der Waals surface area contributed by atoms with Gasteiger partial charge in [-0.05, 0) is 38.1 Å². The lowest BCUT2D eigenvalue weighted by Crippen LogP contribution is -2.29. The highest BCUT2D eigenvalue weighted by atomic mass is 32.1. The van der Waals surface area contributed by atoms with Crippen LogP contribution in [0.5, 0.6) is 5.75 Å². The van der Waals surface area contributed by atoms with Crippen molar-refractivity contribution in [2.45, 2.75) is 20.5 Å². The zero-order valence-corrected chi connectivity index (χ0v) is 14.6. The van der Waals surface area contributed by atoms with Gasteiger partial charge < -0.3 is 4.74 Å². The van der Waals surface area contributed by atoms with Crippen LogP contribution in [0.25, 0.3) is 10.4 Å². The molecule has 1 amide bonds. The van der Waals surface area contributed by atoms with Crippen LogP contribution in [-0.4, -0.2) is 15.9 Å². The van der Waals surface area contributed by atoms with Gasteiger partial charge in [-0.1, -0.05) is 12.1 Å². The quantitative estimate of drug-likeness (QED) is 0.706. The van der Waals surface area contributed by atoms with E-state index in [9.17, 15) is 4.79 Å². The van der Waals surface area contributed by atoms with Gasteiger partial charge in [0.05, 0.1) is 4.88 Å². The first-order valence-corrected chi connectivity index (χ1v) is 8.65. The van der Waals surface area contributed by atoms with E-state index in [4.69, 9.17) is 4.74 Å². The summed E-state index contributed by atoms with van der Waals surface area (Å²) in [6.07, 6.45) is 0. The summed E-state index contributed by atoms with van der Waals surface area (Å²) in [6.45, 7) is 4.24. The Morgan fingerprint density at radius 3 is 2.72 bits per heavy atom. The van der Waals surface area contributed by atoms with Crippen molar-refractivity contribution < 1.29 is 9.53 Å². The van der Waals surface area contributed by atoms with Crippen molar-refractivity contribution in [2.75, 3.05) is 5.43 Å². The SMILES string of the molecule is Cc1cc(C)nc(NNC(=O)c2cc3c(s2)-c2ccccc2OC3)n1. The Morgan fingerprint density at radius 2 is 1.92 bits per heavy atom. The van der Waals surface area contributed by atoms with Gasteiger partial charge in [0.2, 0.25) is 5.95 Å². The molecular weight excluding hydrogens is 336 g/mol. The minimum absolute atomic E-state index is 0.223. The number of nitrogens with zero attached hydrogens (tertiary/aromatic N) is 2. The molecule has 0 spiro atoms. The van der Waals surface area contributed by atoms with E-state index >= 15 is 0 Å². The van der Waals surface area contributed by atoms with E-state index in [1.807, 2.05) is 50.2 Å². The summed E-state index contributed by atoms with van der Waals surface area (Å²) >= 11 is 1.45. The zero-order chi connectivity index (χ0) is 17.4. The molecule has 0 bridgehead atoms. The maximum Gasteiger partial charge on any atom is 0.279 e. The molecule has 2 aromatic heterocycles. The maximum absolute atomic E-state index is 12.5. The highest BCUT2D eigenvalue weighted by molar-refractivity contribution is 7.17. The zero-order valence-electron chi connectivity index (χ0n) is 13.8. The maximum atomic E-state index is 12.5. The van der Waals surface area contributed by atoms with Gasteiger partial charge >= 0.3 is 0 Å². The van der Waals surface area contributed by atoms with Crippen molar-refractivity contribution >= 4 is 23.2 Å². The topological polar surface area (TPSA) is 76.1 Å². The highest BCUT2D eigenvalue weighted by Crippen LogP contribution is 2.42. The van der Waals surface area contributed by atoms with Crippen molar-refractivity contribution in [1.82, 2.24) is 15.4 Å². The number of nitrogens with one attached hydrogen (secondary N) is 2. The number of carbonyl (C=O) groups excluding carboxylic acids is 1. The Labute approximate surface area is 148 Å². The molecule has 126 valence electrons. The van der Waals surface area contributed by atoms with Crippen LogP contribution < -0.4 is 15.6 Å². The van der Waals surface area contributed by atoms with Gasteiger partial charge in [-0.2, -0.15) is 0 Å². The predicted octanol–water partition coefficient (Wildman–Crippen LogP) is 3.47. The average Bonchev–Trinajstić information content (AvgIpc) is 3.04. The minimum atomic E-state index is -0.223. The molecule has 0 saturated carbocycles. The second kappa shape index (κ2) is 6.18.